The van der Waals surface area contributed by atoms with E-state index >= 15 is 0 Å². The minimum atomic E-state index is -3.66. The molecule has 1 atom stereocenters. The highest BCUT2D eigenvalue weighted by atomic mass is 32.2. The fourth-order valence-electron chi connectivity index (χ4n) is 1.48. The molecule has 98 valence electrons. The first-order valence-corrected chi connectivity index (χ1v) is 7.12. The largest absolute Gasteiger partial charge is 0.393 e. The minimum Gasteiger partial charge on any atom is -0.393 e. The zero-order valence-electron chi connectivity index (χ0n) is 10.1. The Morgan fingerprint density at radius 1 is 1.44 bits per heavy atom. The predicted octanol–water partition coefficient (Wildman–Crippen LogP) is 0.998. The highest BCUT2D eigenvalue weighted by molar-refractivity contribution is 7.89. The summed E-state index contributed by atoms with van der Waals surface area (Å²) in [4.78, 5) is -0.00968. The molecule has 0 amide bonds. The van der Waals surface area contributed by atoms with E-state index in [0.717, 1.165) is 0 Å². The number of nitrogens with one attached hydrogen (secondary N) is 1. The van der Waals surface area contributed by atoms with Gasteiger partial charge in [-0.2, -0.15) is 5.26 Å². The maximum absolute atomic E-state index is 11.9. The van der Waals surface area contributed by atoms with E-state index < -0.39 is 16.1 Å². The van der Waals surface area contributed by atoms with Gasteiger partial charge in [-0.05, 0) is 31.9 Å². The number of hydrogen-bond donors (Lipinski definition) is 2. The Labute approximate surface area is 107 Å². The summed E-state index contributed by atoms with van der Waals surface area (Å²) in [5.41, 5.74) is 0.125. The zero-order chi connectivity index (χ0) is 13.6. The summed E-state index contributed by atoms with van der Waals surface area (Å²) < 4.78 is 26.3. The number of aliphatic hydroxyl groups excluding tert-OH is 1. The number of rotatable bonds is 6. The molecule has 0 bridgehead atoms. The summed E-state index contributed by atoms with van der Waals surface area (Å²) in [5, 5.41) is 17.9. The molecular formula is C12H16N2O3S. The lowest BCUT2D eigenvalue weighted by Crippen LogP contribution is -2.26. The quantitative estimate of drug-likeness (QED) is 0.753. The molecule has 0 radical (unpaired) electrons. The first-order valence-electron chi connectivity index (χ1n) is 5.64. The van der Waals surface area contributed by atoms with Gasteiger partial charge in [0.1, 0.15) is 6.07 Å². The number of hydrogen-bond acceptors (Lipinski definition) is 4. The predicted molar refractivity (Wildman–Crippen MR) is 67.3 cm³/mol. The van der Waals surface area contributed by atoms with Crippen LogP contribution in [0.4, 0.5) is 0 Å². The molecule has 0 saturated heterocycles. The number of nitrogens with zero attached hydrogens (tertiary/aromatic N) is 1. The number of nitriles is 1. The lowest BCUT2D eigenvalue weighted by molar-refractivity contribution is 0.182. The summed E-state index contributed by atoms with van der Waals surface area (Å²) >= 11 is 0. The van der Waals surface area contributed by atoms with Crippen molar-refractivity contribution in [1.82, 2.24) is 4.72 Å². The lowest BCUT2D eigenvalue weighted by atomic mass is 10.2. The molecule has 6 heteroatoms. The summed E-state index contributed by atoms with van der Waals surface area (Å²) in [6.45, 7) is 1.90. The molecule has 1 unspecified atom stereocenters. The van der Waals surface area contributed by atoms with Gasteiger partial charge in [0.25, 0.3) is 0 Å². The van der Waals surface area contributed by atoms with Gasteiger partial charge in [0.05, 0.1) is 16.6 Å². The first kappa shape index (κ1) is 14.6. The van der Waals surface area contributed by atoms with Crippen LogP contribution in [0, 0.1) is 11.3 Å². The molecule has 1 rings (SSSR count). The molecule has 0 fully saturated rings. The highest BCUT2D eigenvalue weighted by Gasteiger charge is 2.17. The van der Waals surface area contributed by atoms with Crippen LogP contribution in [0.1, 0.15) is 25.3 Å². The molecule has 1 aromatic rings. The third-order valence-corrected chi connectivity index (χ3v) is 3.91. The third-order valence-electron chi connectivity index (χ3n) is 2.39. The van der Waals surface area contributed by atoms with Crippen LogP contribution < -0.4 is 4.72 Å². The minimum absolute atomic E-state index is 0.00968. The smallest absolute Gasteiger partial charge is 0.241 e. The highest BCUT2D eigenvalue weighted by Crippen LogP contribution is 2.13. The molecule has 0 aliphatic carbocycles. The Kier molecular flexibility index (Phi) is 5.28. The number of sulfonamides is 1. The van der Waals surface area contributed by atoms with Crippen molar-refractivity contribution in [2.45, 2.75) is 30.8 Å². The molecule has 0 aliphatic heterocycles. The van der Waals surface area contributed by atoms with Crippen molar-refractivity contribution in [3.63, 3.8) is 0 Å². The van der Waals surface area contributed by atoms with Gasteiger partial charge in [-0.3, -0.25) is 0 Å². The van der Waals surface area contributed by atoms with Gasteiger partial charge in [-0.25, -0.2) is 13.1 Å². The first-order chi connectivity index (χ1) is 8.47. The van der Waals surface area contributed by atoms with E-state index in [1.807, 2.05) is 6.07 Å². The van der Waals surface area contributed by atoms with Crippen molar-refractivity contribution in [2.24, 2.45) is 0 Å². The van der Waals surface area contributed by atoms with E-state index in [1.165, 1.54) is 12.1 Å². The van der Waals surface area contributed by atoms with E-state index in [0.29, 0.717) is 12.8 Å². The molecule has 18 heavy (non-hydrogen) atoms. The van der Waals surface area contributed by atoms with Gasteiger partial charge in [-0.1, -0.05) is 12.1 Å². The molecular weight excluding hydrogens is 252 g/mol. The second-order valence-electron chi connectivity index (χ2n) is 4.00. The van der Waals surface area contributed by atoms with Crippen LogP contribution in [-0.2, 0) is 10.0 Å². The van der Waals surface area contributed by atoms with Crippen LogP contribution in [0.2, 0.25) is 0 Å². The summed E-state index contributed by atoms with van der Waals surface area (Å²) in [5.74, 6) is 0. The van der Waals surface area contributed by atoms with Crippen LogP contribution in [-0.4, -0.2) is 26.2 Å². The van der Waals surface area contributed by atoms with E-state index in [9.17, 15) is 8.42 Å². The number of benzene rings is 1. The fraction of sp³-hybridized carbons (Fsp3) is 0.417. The van der Waals surface area contributed by atoms with Crippen LogP contribution in [0.5, 0.6) is 0 Å². The van der Waals surface area contributed by atoms with E-state index in [2.05, 4.69) is 4.72 Å². The number of aliphatic hydroxyl groups is 1. The summed E-state index contributed by atoms with van der Waals surface area (Å²) in [7, 11) is -3.66. The molecule has 2 N–H and O–H groups in total. The van der Waals surface area contributed by atoms with Crippen molar-refractivity contribution in [1.29, 1.82) is 5.26 Å². The molecule has 0 heterocycles. The van der Waals surface area contributed by atoms with Crippen molar-refractivity contribution >= 4 is 10.0 Å². The normalized spacial score (nSPS) is 12.9. The summed E-state index contributed by atoms with van der Waals surface area (Å²) in [6.07, 6.45) is 0.634. The van der Waals surface area contributed by atoms with Crippen LogP contribution in [0.25, 0.3) is 0 Å². The summed E-state index contributed by atoms with van der Waals surface area (Å²) in [6, 6.07) is 7.90. The van der Waals surface area contributed by atoms with Crippen LogP contribution >= 0.6 is 0 Å². The van der Waals surface area contributed by atoms with Gasteiger partial charge in [0.2, 0.25) is 10.0 Å². The third kappa shape index (κ3) is 4.11. The molecule has 5 nitrogen and oxygen atoms in total. The second-order valence-corrected chi connectivity index (χ2v) is 5.73. The maximum Gasteiger partial charge on any atom is 0.241 e. The van der Waals surface area contributed by atoms with E-state index in [4.69, 9.17) is 10.4 Å². The van der Waals surface area contributed by atoms with E-state index in [-0.39, 0.29) is 17.0 Å². The van der Waals surface area contributed by atoms with Gasteiger partial charge in [-0.15, -0.1) is 0 Å². The maximum atomic E-state index is 11.9. The van der Waals surface area contributed by atoms with Crippen molar-refractivity contribution in [3.8, 4) is 6.07 Å². The van der Waals surface area contributed by atoms with Gasteiger partial charge >= 0.3 is 0 Å². The van der Waals surface area contributed by atoms with Crippen LogP contribution in [0.3, 0.4) is 0 Å². The van der Waals surface area contributed by atoms with Gasteiger partial charge < -0.3 is 5.11 Å². The Bertz CT molecular complexity index is 532. The molecule has 0 spiro atoms. The average molecular weight is 268 g/mol. The molecule has 0 saturated carbocycles. The zero-order valence-corrected chi connectivity index (χ0v) is 10.9. The lowest BCUT2D eigenvalue weighted by Gasteiger charge is -2.08. The Hall–Kier alpha value is -1.42. The molecule has 0 aliphatic rings. The average Bonchev–Trinajstić information content (AvgIpc) is 2.34. The molecule has 0 aromatic heterocycles. The Morgan fingerprint density at radius 2 is 2.11 bits per heavy atom. The van der Waals surface area contributed by atoms with Gasteiger partial charge in [0.15, 0.2) is 0 Å². The topological polar surface area (TPSA) is 90.2 Å². The monoisotopic (exact) mass is 268 g/mol. The fourth-order valence-corrected chi connectivity index (χ4v) is 2.70. The Balaban J connectivity index is 2.72. The molecule has 1 aromatic carbocycles. The van der Waals surface area contributed by atoms with Crippen molar-refractivity contribution in [3.05, 3.63) is 29.8 Å². The van der Waals surface area contributed by atoms with Crippen molar-refractivity contribution < 1.29 is 13.5 Å². The van der Waals surface area contributed by atoms with Gasteiger partial charge in [0, 0.05) is 6.54 Å². The van der Waals surface area contributed by atoms with Crippen molar-refractivity contribution in [2.75, 3.05) is 6.54 Å². The standard InChI is InChI=1S/C12H16N2O3S/c1-10(15)5-4-8-14-18(16,17)12-7-3-2-6-11(12)9-13/h2-3,6-7,10,14-15H,4-5,8H2,1H3. The second kappa shape index (κ2) is 6.50. The Morgan fingerprint density at radius 3 is 2.72 bits per heavy atom. The van der Waals surface area contributed by atoms with Crippen LogP contribution in [0.15, 0.2) is 29.2 Å². The van der Waals surface area contributed by atoms with E-state index in [1.54, 1.807) is 19.1 Å². The SMILES string of the molecule is CC(O)CCCNS(=O)(=O)c1ccccc1C#N.